The molecule has 7 heteroatoms. The van der Waals surface area contributed by atoms with Crippen LogP contribution < -0.4 is 5.32 Å². The number of benzene rings is 2. The summed E-state index contributed by atoms with van der Waals surface area (Å²) in [5.74, 6) is 0.117. The quantitative estimate of drug-likeness (QED) is 0.549. The van der Waals surface area contributed by atoms with Gasteiger partial charge in [0.2, 0.25) is 0 Å². The molecule has 2 aromatic heterocycles. The third-order valence-electron chi connectivity index (χ3n) is 4.30. The lowest BCUT2D eigenvalue weighted by Gasteiger charge is -2.09. The maximum atomic E-state index is 14.5. The summed E-state index contributed by atoms with van der Waals surface area (Å²) in [7, 11) is 0. The smallest absolute Gasteiger partial charge is 0.263 e. The van der Waals surface area contributed by atoms with Crippen molar-refractivity contribution in [2.45, 2.75) is 13.5 Å². The van der Waals surface area contributed by atoms with Crippen LogP contribution in [0.2, 0.25) is 0 Å². The fourth-order valence-corrected chi connectivity index (χ4v) is 3.69. The number of hydrogen-bond donors (Lipinski definition) is 1. The Morgan fingerprint density at radius 3 is 2.71 bits per heavy atom. The number of carbonyl (C=O) groups is 1. The molecule has 0 saturated heterocycles. The number of carbonyl (C=O) groups excluding carboxylic acids is 1. The summed E-state index contributed by atoms with van der Waals surface area (Å²) in [5.41, 5.74) is 2.08. The number of amides is 1. The van der Waals surface area contributed by atoms with E-state index in [0.29, 0.717) is 22.0 Å². The summed E-state index contributed by atoms with van der Waals surface area (Å²) in [6.45, 7) is 2.05. The minimum absolute atomic E-state index is 0.227. The van der Waals surface area contributed by atoms with Crippen LogP contribution in [0.1, 0.15) is 21.1 Å². The van der Waals surface area contributed by atoms with E-state index in [4.69, 9.17) is 0 Å². The van der Waals surface area contributed by atoms with Gasteiger partial charge in [-0.05, 0) is 24.6 Å². The molecular weight excluding hydrogens is 375 g/mol. The molecule has 140 valence electrons. The van der Waals surface area contributed by atoms with Crippen molar-refractivity contribution in [3.63, 3.8) is 0 Å². The average Bonchev–Trinajstić information content (AvgIpc) is 3.36. The zero-order valence-electron chi connectivity index (χ0n) is 15.1. The normalized spacial score (nSPS) is 10.8. The predicted molar refractivity (Wildman–Crippen MR) is 107 cm³/mol. The Labute approximate surface area is 165 Å². The third kappa shape index (κ3) is 3.70. The summed E-state index contributed by atoms with van der Waals surface area (Å²) >= 11 is 1.33. The molecule has 0 saturated carbocycles. The van der Waals surface area contributed by atoms with E-state index in [1.165, 1.54) is 17.4 Å². The molecule has 4 aromatic rings. The summed E-state index contributed by atoms with van der Waals surface area (Å²) in [6, 6.07) is 14.6. The topological polar surface area (TPSA) is 59.8 Å². The van der Waals surface area contributed by atoms with E-state index in [1.54, 1.807) is 35.3 Å². The summed E-state index contributed by atoms with van der Waals surface area (Å²) in [4.78, 5) is 21.3. The number of aryl methyl sites for hydroxylation is 1. The molecule has 0 aliphatic heterocycles. The molecule has 0 atom stereocenters. The summed E-state index contributed by atoms with van der Waals surface area (Å²) in [5, 5.41) is 3.61. The Bertz CT molecular complexity index is 1120. The van der Waals surface area contributed by atoms with E-state index >= 15 is 0 Å². The zero-order chi connectivity index (χ0) is 19.5. The standard InChI is InChI=1S/C21H17FN4OS/c1-14-23-9-10-26(14)18-8-7-15(11-17(18)22)12-24-20(27)19-13-25-21(28-19)16-5-3-2-4-6-16/h2-11,13H,12H2,1H3,(H,24,27). The first-order chi connectivity index (χ1) is 13.6. The van der Waals surface area contributed by atoms with Gasteiger partial charge in [-0.1, -0.05) is 36.4 Å². The van der Waals surface area contributed by atoms with Crippen molar-refractivity contribution in [2.24, 2.45) is 0 Å². The van der Waals surface area contributed by atoms with Gasteiger partial charge in [-0.3, -0.25) is 4.79 Å². The predicted octanol–water partition coefficient (Wildman–Crippen LogP) is 4.37. The van der Waals surface area contributed by atoms with Crippen molar-refractivity contribution in [3.8, 4) is 16.3 Å². The van der Waals surface area contributed by atoms with Crippen LogP contribution in [-0.2, 0) is 6.54 Å². The molecule has 0 unspecified atom stereocenters. The summed E-state index contributed by atoms with van der Waals surface area (Å²) in [6.07, 6.45) is 4.90. The Morgan fingerprint density at radius 1 is 1.18 bits per heavy atom. The van der Waals surface area contributed by atoms with Crippen molar-refractivity contribution in [3.05, 3.63) is 89.2 Å². The fourth-order valence-electron chi connectivity index (χ4n) is 2.85. The molecule has 0 bridgehead atoms. The Morgan fingerprint density at radius 2 is 2.00 bits per heavy atom. The van der Waals surface area contributed by atoms with Crippen LogP contribution in [0.4, 0.5) is 4.39 Å². The fraction of sp³-hybridized carbons (Fsp3) is 0.0952. The monoisotopic (exact) mass is 392 g/mol. The number of nitrogens with zero attached hydrogens (tertiary/aromatic N) is 3. The van der Waals surface area contributed by atoms with Crippen LogP contribution in [0, 0.1) is 12.7 Å². The van der Waals surface area contributed by atoms with Gasteiger partial charge in [0, 0.05) is 24.5 Å². The second-order valence-electron chi connectivity index (χ2n) is 6.21. The second-order valence-corrected chi connectivity index (χ2v) is 7.24. The minimum atomic E-state index is -0.364. The van der Waals surface area contributed by atoms with Crippen molar-refractivity contribution in [1.82, 2.24) is 19.9 Å². The average molecular weight is 392 g/mol. The largest absolute Gasteiger partial charge is 0.347 e. The van der Waals surface area contributed by atoms with Crippen molar-refractivity contribution in [2.75, 3.05) is 0 Å². The number of nitrogens with one attached hydrogen (secondary N) is 1. The van der Waals surface area contributed by atoms with Gasteiger partial charge in [0.25, 0.3) is 5.91 Å². The van der Waals surface area contributed by atoms with Crippen molar-refractivity contribution in [1.29, 1.82) is 0 Å². The van der Waals surface area contributed by atoms with Crippen LogP contribution in [0.25, 0.3) is 16.3 Å². The molecule has 2 heterocycles. The van der Waals surface area contributed by atoms with Gasteiger partial charge in [-0.2, -0.15) is 0 Å². The molecule has 0 radical (unpaired) electrons. The maximum absolute atomic E-state index is 14.5. The van der Waals surface area contributed by atoms with E-state index in [9.17, 15) is 9.18 Å². The highest BCUT2D eigenvalue weighted by Gasteiger charge is 2.12. The SMILES string of the molecule is Cc1nccn1-c1ccc(CNC(=O)c2cnc(-c3ccccc3)s2)cc1F. The van der Waals surface area contributed by atoms with E-state index in [-0.39, 0.29) is 18.3 Å². The van der Waals surface area contributed by atoms with Crippen molar-refractivity contribution < 1.29 is 9.18 Å². The number of imidazole rings is 1. The lowest BCUT2D eigenvalue weighted by molar-refractivity contribution is 0.0954. The molecule has 1 N–H and O–H groups in total. The first-order valence-corrected chi connectivity index (χ1v) is 9.51. The van der Waals surface area contributed by atoms with Crippen LogP contribution in [0.3, 0.4) is 0 Å². The van der Waals surface area contributed by atoms with E-state index < -0.39 is 0 Å². The van der Waals surface area contributed by atoms with Gasteiger partial charge in [0.05, 0.1) is 11.9 Å². The minimum Gasteiger partial charge on any atom is -0.347 e. The number of halogens is 1. The highest BCUT2D eigenvalue weighted by molar-refractivity contribution is 7.16. The highest BCUT2D eigenvalue weighted by atomic mass is 32.1. The third-order valence-corrected chi connectivity index (χ3v) is 5.35. The van der Waals surface area contributed by atoms with Crippen LogP contribution in [-0.4, -0.2) is 20.4 Å². The molecule has 1 amide bonds. The van der Waals surface area contributed by atoms with Gasteiger partial charge in [-0.25, -0.2) is 14.4 Å². The first-order valence-electron chi connectivity index (χ1n) is 8.70. The van der Waals surface area contributed by atoms with E-state index in [2.05, 4.69) is 15.3 Å². The van der Waals surface area contributed by atoms with Crippen LogP contribution >= 0.6 is 11.3 Å². The molecule has 0 aliphatic rings. The van der Waals surface area contributed by atoms with Gasteiger partial charge >= 0.3 is 0 Å². The molecule has 0 aliphatic carbocycles. The molecule has 2 aromatic carbocycles. The number of rotatable bonds is 5. The highest BCUT2D eigenvalue weighted by Crippen LogP contribution is 2.24. The lowest BCUT2D eigenvalue weighted by atomic mass is 10.2. The van der Waals surface area contributed by atoms with Crippen LogP contribution in [0.5, 0.6) is 0 Å². The second kappa shape index (κ2) is 7.74. The van der Waals surface area contributed by atoms with Gasteiger partial charge in [0.1, 0.15) is 21.5 Å². The maximum Gasteiger partial charge on any atom is 0.263 e. The molecule has 28 heavy (non-hydrogen) atoms. The molecule has 5 nitrogen and oxygen atoms in total. The van der Waals surface area contributed by atoms with E-state index in [1.807, 2.05) is 37.3 Å². The number of aromatic nitrogens is 3. The Hall–Kier alpha value is -3.32. The number of thiazole rings is 1. The Balaban J connectivity index is 1.43. The number of hydrogen-bond acceptors (Lipinski definition) is 4. The molecular formula is C21H17FN4OS. The molecule has 0 fully saturated rings. The van der Waals surface area contributed by atoms with Gasteiger partial charge < -0.3 is 9.88 Å². The molecule has 4 rings (SSSR count). The van der Waals surface area contributed by atoms with Gasteiger partial charge in [-0.15, -0.1) is 11.3 Å². The zero-order valence-corrected chi connectivity index (χ0v) is 15.9. The first kappa shape index (κ1) is 18.1. The lowest BCUT2D eigenvalue weighted by Crippen LogP contribution is -2.21. The van der Waals surface area contributed by atoms with Crippen LogP contribution in [0.15, 0.2) is 67.1 Å². The summed E-state index contributed by atoms with van der Waals surface area (Å²) < 4.78 is 16.1. The van der Waals surface area contributed by atoms with Crippen molar-refractivity contribution >= 4 is 17.2 Å². The van der Waals surface area contributed by atoms with E-state index in [0.717, 1.165) is 10.6 Å². The molecule has 0 spiro atoms. The van der Waals surface area contributed by atoms with Gasteiger partial charge in [0.15, 0.2) is 0 Å². The Kier molecular flexibility index (Phi) is 4.99.